The fourth-order valence-corrected chi connectivity index (χ4v) is 1.92. The molecule has 0 spiro atoms. The minimum absolute atomic E-state index is 0.202. The highest BCUT2D eigenvalue weighted by molar-refractivity contribution is 7.80. The number of nitrogens with one attached hydrogen (secondary N) is 1. The van der Waals surface area contributed by atoms with Crippen molar-refractivity contribution in [2.45, 2.75) is 12.5 Å². The van der Waals surface area contributed by atoms with Crippen molar-refractivity contribution < 1.29 is 14.2 Å². The van der Waals surface area contributed by atoms with E-state index < -0.39 is 0 Å². The summed E-state index contributed by atoms with van der Waals surface area (Å²) in [5.74, 6) is 0.834. The molecule has 1 aromatic carbocycles. The van der Waals surface area contributed by atoms with Crippen LogP contribution in [0.25, 0.3) is 0 Å². The lowest BCUT2D eigenvalue weighted by molar-refractivity contribution is 0.0734. The number of ether oxygens (including phenoxy) is 3. The molecule has 0 saturated heterocycles. The topological polar surface area (TPSA) is 65.7 Å². The van der Waals surface area contributed by atoms with Crippen molar-refractivity contribution in [1.29, 1.82) is 0 Å². The van der Waals surface area contributed by atoms with E-state index in [1.165, 1.54) is 0 Å². The van der Waals surface area contributed by atoms with Gasteiger partial charge in [-0.05, 0) is 24.1 Å². The Labute approximate surface area is 131 Å². The van der Waals surface area contributed by atoms with Gasteiger partial charge in [-0.1, -0.05) is 24.4 Å². The van der Waals surface area contributed by atoms with Gasteiger partial charge in [0.1, 0.15) is 5.75 Å². The second kappa shape index (κ2) is 10.5. The van der Waals surface area contributed by atoms with Gasteiger partial charge in [0.25, 0.3) is 0 Å². The predicted molar refractivity (Wildman–Crippen MR) is 88.0 cm³/mol. The van der Waals surface area contributed by atoms with Crippen LogP contribution in [-0.2, 0) is 15.9 Å². The summed E-state index contributed by atoms with van der Waals surface area (Å²) in [6.07, 6.45) is 0.695. The van der Waals surface area contributed by atoms with Crippen molar-refractivity contribution in [3.63, 3.8) is 0 Å². The van der Waals surface area contributed by atoms with Gasteiger partial charge < -0.3 is 25.3 Å². The number of methoxy groups -OCH3 is 2. The Morgan fingerprint density at radius 3 is 2.52 bits per heavy atom. The minimum Gasteiger partial charge on any atom is -0.497 e. The number of nitrogens with two attached hydrogens (primary N) is 1. The first-order valence-electron chi connectivity index (χ1n) is 6.90. The van der Waals surface area contributed by atoms with E-state index in [1.807, 2.05) is 24.3 Å². The second-order valence-corrected chi connectivity index (χ2v) is 4.99. The lowest BCUT2D eigenvalue weighted by atomic mass is 10.1. The van der Waals surface area contributed by atoms with Crippen LogP contribution in [0.5, 0.6) is 5.75 Å². The van der Waals surface area contributed by atoms with Crippen LogP contribution >= 0.6 is 12.2 Å². The Balaban J connectivity index is 2.23. The van der Waals surface area contributed by atoms with Gasteiger partial charge in [-0.2, -0.15) is 0 Å². The molecule has 0 radical (unpaired) electrons. The lowest BCUT2D eigenvalue weighted by Crippen LogP contribution is -2.41. The highest BCUT2D eigenvalue weighted by Gasteiger charge is 2.09. The molecule has 0 saturated carbocycles. The third-order valence-electron chi connectivity index (χ3n) is 2.93. The van der Waals surface area contributed by atoms with Gasteiger partial charge in [0.2, 0.25) is 0 Å². The summed E-state index contributed by atoms with van der Waals surface area (Å²) in [5, 5.41) is 3.12. The van der Waals surface area contributed by atoms with Crippen LogP contribution in [-0.4, -0.2) is 51.6 Å². The molecule has 3 N–H and O–H groups in total. The fraction of sp³-hybridized carbons (Fsp3) is 0.533. The third kappa shape index (κ3) is 7.38. The monoisotopic (exact) mass is 312 g/mol. The van der Waals surface area contributed by atoms with Crippen molar-refractivity contribution in [3.05, 3.63) is 29.8 Å². The molecule has 0 aliphatic carbocycles. The number of hydrogen-bond donors (Lipinski definition) is 2. The molecule has 1 rings (SSSR count). The molecule has 0 bridgehead atoms. The Hall–Kier alpha value is -1.21. The summed E-state index contributed by atoms with van der Waals surface area (Å²) in [7, 11) is 3.30. The zero-order valence-electron chi connectivity index (χ0n) is 12.6. The maximum Gasteiger partial charge on any atom is 0.118 e. The summed E-state index contributed by atoms with van der Waals surface area (Å²) in [6.45, 7) is 2.42. The molecule has 5 nitrogen and oxygen atoms in total. The highest BCUT2D eigenvalue weighted by atomic mass is 32.1. The Morgan fingerprint density at radius 2 is 1.90 bits per heavy atom. The first-order chi connectivity index (χ1) is 10.2. The SMILES string of the molecule is COCCOCCNC(=S)[C@@H](N)Cc1ccc(OC)cc1. The van der Waals surface area contributed by atoms with Crippen LogP contribution in [0, 0.1) is 0 Å². The van der Waals surface area contributed by atoms with Crippen molar-refractivity contribution >= 4 is 17.2 Å². The molecule has 1 aromatic rings. The third-order valence-corrected chi connectivity index (χ3v) is 3.38. The average molecular weight is 312 g/mol. The summed E-state index contributed by atoms with van der Waals surface area (Å²) in [5.41, 5.74) is 7.21. The molecule has 0 fully saturated rings. The van der Waals surface area contributed by atoms with Gasteiger partial charge in [-0.3, -0.25) is 0 Å². The first kappa shape index (κ1) is 17.8. The zero-order chi connectivity index (χ0) is 15.5. The normalized spacial score (nSPS) is 12.0. The van der Waals surface area contributed by atoms with Gasteiger partial charge in [0.15, 0.2) is 0 Å². The van der Waals surface area contributed by atoms with Crippen LogP contribution in [0.1, 0.15) is 5.56 Å². The van der Waals surface area contributed by atoms with Crippen molar-refractivity contribution in [2.75, 3.05) is 40.6 Å². The van der Waals surface area contributed by atoms with Crippen molar-refractivity contribution in [3.8, 4) is 5.75 Å². The first-order valence-corrected chi connectivity index (χ1v) is 7.31. The highest BCUT2D eigenvalue weighted by Crippen LogP contribution is 2.12. The molecular weight excluding hydrogens is 288 g/mol. The molecule has 0 heterocycles. The second-order valence-electron chi connectivity index (χ2n) is 4.55. The summed E-state index contributed by atoms with van der Waals surface area (Å²) < 4.78 is 15.4. The van der Waals surface area contributed by atoms with Crippen LogP contribution in [0.3, 0.4) is 0 Å². The largest absolute Gasteiger partial charge is 0.497 e. The van der Waals surface area contributed by atoms with E-state index in [9.17, 15) is 0 Å². The van der Waals surface area contributed by atoms with Crippen LogP contribution in [0.2, 0.25) is 0 Å². The quantitative estimate of drug-likeness (QED) is 0.499. The van der Waals surface area contributed by atoms with Crippen LogP contribution < -0.4 is 15.8 Å². The Bertz CT molecular complexity index is 412. The summed E-state index contributed by atoms with van der Waals surface area (Å²) >= 11 is 5.28. The van der Waals surface area contributed by atoms with Crippen molar-refractivity contribution in [1.82, 2.24) is 5.32 Å². The molecule has 1 atom stereocenters. The number of thiocarbonyl (C=S) groups is 1. The number of hydrogen-bond acceptors (Lipinski definition) is 5. The average Bonchev–Trinajstić information content (AvgIpc) is 2.51. The maximum atomic E-state index is 6.09. The van der Waals surface area contributed by atoms with Crippen molar-refractivity contribution in [2.24, 2.45) is 5.73 Å². The zero-order valence-corrected chi connectivity index (χ0v) is 13.4. The van der Waals surface area contributed by atoms with E-state index in [-0.39, 0.29) is 6.04 Å². The van der Waals surface area contributed by atoms with E-state index in [0.29, 0.717) is 37.8 Å². The van der Waals surface area contributed by atoms with Gasteiger partial charge in [0.05, 0.1) is 38.0 Å². The molecule has 118 valence electrons. The molecule has 0 unspecified atom stereocenters. The molecule has 0 aliphatic rings. The summed E-state index contributed by atoms with van der Waals surface area (Å²) in [4.78, 5) is 0.654. The number of benzene rings is 1. The Kier molecular flexibility index (Phi) is 8.93. The molecule has 0 amide bonds. The summed E-state index contributed by atoms with van der Waals surface area (Å²) in [6, 6.07) is 7.63. The van der Waals surface area contributed by atoms with Gasteiger partial charge >= 0.3 is 0 Å². The van der Waals surface area contributed by atoms with Gasteiger partial charge in [-0.15, -0.1) is 0 Å². The molecule has 0 aromatic heterocycles. The predicted octanol–water partition coefficient (Wildman–Crippen LogP) is 1.15. The number of rotatable bonds is 10. The van der Waals surface area contributed by atoms with Crippen LogP contribution in [0.4, 0.5) is 0 Å². The molecular formula is C15H24N2O3S. The smallest absolute Gasteiger partial charge is 0.118 e. The lowest BCUT2D eigenvalue weighted by Gasteiger charge is -2.15. The van der Waals surface area contributed by atoms with Gasteiger partial charge in [-0.25, -0.2) is 0 Å². The molecule has 21 heavy (non-hydrogen) atoms. The molecule has 0 aliphatic heterocycles. The fourth-order valence-electron chi connectivity index (χ4n) is 1.73. The molecule has 6 heteroatoms. The minimum atomic E-state index is -0.202. The van der Waals surface area contributed by atoms with E-state index in [1.54, 1.807) is 14.2 Å². The van der Waals surface area contributed by atoms with E-state index in [2.05, 4.69) is 5.32 Å². The van der Waals surface area contributed by atoms with E-state index in [0.717, 1.165) is 11.3 Å². The Morgan fingerprint density at radius 1 is 1.19 bits per heavy atom. The van der Waals surface area contributed by atoms with E-state index >= 15 is 0 Å². The maximum absolute atomic E-state index is 6.09. The van der Waals surface area contributed by atoms with E-state index in [4.69, 9.17) is 32.2 Å². The standard InChI is InChI=1S/C15H24N2O3S/c1-18-9-10-20-8-7-17-15(21)14(16)11-12-3-5-13(19-2)6-4-12/h3-6,14H,7-11,16H2,1-2H3,(H,17,21)/t14-/m0/s1. The van der Waals surface area contributed by atoms with Gasteiger partial charge in [0, 0.05) is 13.7 Å². The van der Waals surface area contributed by atoms with Crippen LogP contribution in [0.15, 0.2) is 24.3 Å².